The molecule has 0 radical (unpaired) electrons. The summed E-state index contributed by atoms with van der Waals surface area (Å²) < 4.78 is 38.3. The molecule has 1 aromatic heterocycles. The zero-order chi connectivity index (χ0) is 16.1. The highest BCUT2D eigenvalue weighted by molar-refractivity contribution is 5.68. The second-order valence-corrected chi connectivity index (χ2v) is 6.19. The van der Waals surface area contributed by atoms with Crippen LogP contribution in [0.2, 0.25) is 0 Å². The molecule has 0 N–H and O–H groups in total. The molecule has 0 spiro atoms. The molecule has 1 heterocycles. The van der Waals surface area contributed by atoms with Gasteiger partial charge in [0.15, 0.2) is 0 Å². The van der Waals surface area contributed by atoms with Crippen LogP contribution < -0.4 is 0 Å². The molecular formula is C18H18F3N. The Labute approximate surface area is 128 Å². The molecule has 4 heteroatoms. The van der Waals surface area contributed by atoms with E-state index in [1.165, 1.54) is 30.0 Å². The van der Waals surface area contributed by atoms with Gasteiger partial charge in [-0.1, -0.05) is 6.07 Å². The maximum absolute atomic E-state index is 12.8. The van der Waals surface area contributed by atoms with E-state index in [0.717, 1.165) is 17.3 Å². The lowest BCUT2D eigenvalue weighted by atomic mass is 9.93. The number of hydrogen-bond acceptors (Lipinski definition) is 1. The number of aryl methyl sites for hydroxylation is 3. The van der Waals surface area contributed by atoms with E-state index in [-0.39, 0.29) is 0 Å². The molecule has 1 aliphatic carbocycles. The first-order valence-corrected chi connectivity index (χ1v) is 7.42. The van der Waals surface area contributed by atoms with Crippen molar-refractivity contribution in [2.75, 3.05) is 0 Å². The van der Waals surface area contributed by atoms with Gasteiger partial charge in [0, 0.05) is 11.8 Å². The number of halogens is 3. The summed E-state index contributed by atoms with van der Waals surface area (Å²) in [5.41, 5.74) is 5.05. The Balaban J connectivity index is 2.06. The van der Waals surface area contributed by atoms with Crippen molar-refractivity contribution >= 4 is 0 Å². The van der Waals surface area contributed by atoms with Crippen molar-refractivity contribution in [2.45, 2.75) is 45.7 Å². The number of pyridine rings is 1. The molecule has 0 bridgehead atoms. The van der Waals surface area contributed by atoms with E-state index in [0.29, 0.717) is 17.2 Å². The van der Waals surface area contributed by atoms with Crippen LogP contribution in [0.3, 0.4) is 0 Å². The Kier molecular flexibility index (Phi) is 3.50. The summed E-state index contributed by atoms with van der Waals surface area (Å²) in [4.78, 5) is 4.09. The second-order valence-electron chi connectivity index (χ2n) is 6.19. The molecule has 2 aromatic rings. The molecule has 0 amide bonds. The minimum absolute atomic E-state index is 0.552. The van der Waals surface area contributed by atoms with Crippen LogP contribution in [-0.4, -0.2) is 4.98 Å². The summed E-state index contributed by atoms with van der Waals surface area (Å²) in [6.45, 7) is 5.75. The van der Waals surface area contributed by atoms with Crippen LogP contribution in [0.25, 0.3) is 11.3 Å². The first-order chi connectivity index (χ1) is 10.3. The van der Waals surface area contributed by atoms with Gasteiger partial charge in [0.05, 0.1) is 11.3 Å². The normalized spacial score (nSPS) is 15.2. The van der Waals surface area contributed by atoms with Gasteiger partial charge in [-0.05, 0) is 73.9 Å². The molecule has 3 rings (SSSR count). The van der Waals surface area contributed by atoms with E-state index in [2.05, 4.69) is 24.0 Å². The predicted molar refractivity (Wildman–Crippen MR) is 80.9 cm³/mol. The number of hydrogen-bond donors (Lipinski definition) is 0. The number of aromatic nitrogens is 1. The maximum atomic E-state index is 12.8. The maximum Gasteiger partial charge on any atom is 0.417 e. The fourth-order valence-electron chi connectivity index (χ4n) is 2.94. The number of nitrogens with zero attached hydrogens (tertiary/aromatic N) is 1. The van der Waals surface area contributed by atoms with Gasteiger partial charge in [0.1, 0.15) is 0 Å². The highest BCUT2D eigenvalue weighted by Gasteiger charge is 2.31. The molecule has 0 saturated heterocycles. The number of rotatable bonds is 2. The standard InChI is InChI=1S/C18H18F3N/c1-10-8-16(11(2)7-15(10)13-4-5-13)17-12(3)6-14(9-22-17)18(19,20)21/h6-9,13H,4-5H2,1-3H3. The first kappa shape index (κ1) is 15.1. The van der Waals surface area contributed by atoms with Gasteiger partial charge in [-0.2, -0.15) is 13.2 Å². The van der Waals surface area contributed by atoms with Crippen molar-refractivity contribution in [1.29, 1.82) is 0 Å². The lowest BCUT2D eigenvalue weighted by Crippen LogP contribution is -2.07. The Morgan fingerprint density at radius 3 is 2.18 bits per heavy atom. The highest BCUT2D eigenvalue weighted by atomic mass is 19.4. The van der Waals surface area contributed by atoms with Crippen molar-refractivity contribution in [1.82, 2.24) is 4.98 Å². The summed E-state index contributed by atoms with van der Waals surface area (Å²) in [5, 5.41) is 0. The summed E-state index contributed by atoms with van der Waals surface area (Å²) in [6.07, 6.45) is -0.961. The zero-order valence-corrected chi connectivity index (χ0v) is 12.9. The largest absolute Gasteiger partial charge is 0.417 e. The van der Waals surface area contributed by atoms with E-state index in [9.17, 15) is 13.2 Å². The monoisotopic (exact) mass is 305 g/mol. The third-order valence-corrected chi connectivity index (χ3v) is 4.29. The van der Waals surface area contributed by atoms with Crippen molar-refractivity contribution in [3.8, 4) is 11.3 Å². The number of benzene rings is 1. The molecule has 0 atom stereocenters. The Morgan fingerprint density at radius 2 is 1.64 bits per heavy atom. The molecule has 0 aliphatic heterocycles. The lowest BCUT2D eigenvalue weighted by Gasteiger charge is -2.14. The summed E-state index contributed by atoms with van der Waals surface area (Å²) in [6, 6.07) is 5.40. The van der Waals surface area contributed by atoms with Crippen molar-refractivity contribution in [3.63, 3.8) is 0 Å². The molecule has 0 unspecified atom stereocenters. The van der Waals surface area contributed by atoms with E-state index in [4.69, 9.17) is 0 Å². The van der Waals surface area contributed by atoms with Gasteiger partial charge in [0.2, 0.25) is 0 Å². The van der Waals surface area contributed by atoms with Crippen LogP contribution in [0, 0.1) is 20.8 Å². The highest BCUT2D eigenvalue weighted by Crippen LogP contribution is 2.43. The zero-order valence-electron chi connectivity index (χ0n) is 12.9. The molecule has 1 aliphatic rings. The van der Waals surface area contributed by atoms with Gasteiger partial charge >= 0.3 is 6.18 Å². The predicted octanol–water partition coefficient (Wildman–Crippen LogP) is 5.57. The number of alkyl halides is 3. The third kappa shape index (κ3) is 2.74. The van der Waals surface area contributed by atoms with Crippen LogP contribution in [0.15, 0.2) is 24.4 Å². The van der Waals surface area contributed by atoms with E-state index >= 15 is 0 Å². The van der Waals surface area contributed by atoms with E-state index in [1.54, 1.807) is 6.92 Å². The van der Waals surface area contributed by atoms with Crippen molar-refractivity contribution < 1.29 is 13.2 Å². The van der Waals surface area contributed by atoms with Crippen LogP contribution in [0.5, 0.6) is 0 Å². The lowest BCUT2D eigenvalue weighted by molar-refractivity contribution is -0.137. The minimum atomic E-state index is -4.35. The third-order valence-electron chi connectivity index (χ3n) is 4.29. The molecule has 1 aromatic carbocycles. The van der Waals surface area contributed by atoms with Gasteiger partial charge < -0.3 is 0 Å². The Morgan fingerprint density at radius 1 is 0.955 bits per heavy atom. The second kappa shape index (κ2) is 5.11. The molecule has 116 valence electrons. The van der Waals surface area contributed by atoms with Gasteiger partial charge in [0.25, 0.3) is 0 Å². The molecule has 1 fully saturated rings. The van der Waals surface area contributed by atoms with E-state index in [1.807, 2.05) is 6.92 Å². The fraction of sp³-hybridized carbons (Fsp3) is 0.389. The van der Waals surface area contributed by atoms with Crippen molar-refractivity contribution in [2.24, 2.45) is 0 Å². The Hall–Kier alpha value is -1.84. The summed E-state index contributed by atoms with van der Waals surface area (Å²) in [5.74, 6) is 0.661. The van der Waals surface area contributed by atoms with E-state index < -0.39 is 11.7 Å². The summed E-state index contributed by atoms with van der Waals surface area (Å²) in [7, 11) is 0. The van der Waals surface area contributed by atoms with Gasteiger partial charge in [-0.15, -0.1) is 0 Å². The smallest absolute Gasteiger partial charge is 0.255 e. The van der Waals surface area contributed by atoms with Gasteiger partial charge in [-0.3, -0.25) is 4.98 Å². The average Bonchev–Trinajstić information content (AvgIpc) is 3.24. The fourth-order valence-corrected chi connectivity index (χ4v) is 2.94. The summed E-state index contributed by atoms with van der Waals surface area (Å²) >= 11 is 0. The Bertz CT molecular complexity index is 728. The molecule has 1 nitrogen and oxygen atoms in total. The van der Waals surface area contributed by atoms with Crippen LogP contribution in [0.4, 0.5) is 13.2 Å². The molecule has 1 saturated carbocycles. The molecular weight excluding hydrogens is 287 g/mol. The average molecular weight is 305 g/mol. The molecule has 22 heavy (non-hydrogen) atoms. The quantitative estimate of drug-likeness (QED) is 0.707. The first-order valence-electron chi connectivity index (χ1n) is 7.42. The van der Waals surface area contributed by atoms with Crippen LogP contribution >= 0.6 is 0 Å². The van der Waals surface area contributed by atoms with Crippen LogP contribution in [-0.2, 0) is 6.18 Å². The minimum Gasteiger partial charge on any atom is -0.255 e. The SMILES string of the molecule is Cc1cc(C2CC2)c(C)cc1-c1ncc(C(F)(F)F)cc1C. The van der Waals surface area contributed by atoms with Gasteiger partial charge in [-0.25, -0.2) is 0 Å². The topological polar surface area (TPSA) is 12.9 Å². The van der Waals surface area contributed by atoms with Crippen LogP contribution in [0.1, 0.15) is 46.6 Å². The van der Waals surface area contributed by atoms with Crippen molar-refractivity contribution in [3.05, 3.63) is 52.2 Å².